The van der Waals surface area contributed by atoms with E-state index in [0.29, 0.717) is 18.8 Å². The van der Waals surface area contributed by atoms with E-state index in [4.69, 9.17) is 10.5 Å². The minimum Gasteiger partial charge on any atom is -0.494 e. The van der Waals surface area contributed by atoms with E-state index in [1.165, 1.54) is 0 Å². The van der Waals surface area contributed by atoms with E-state index >= 15 is 0 Å². The Morgan fingerprint density at radius 2 is 1.95 bits per heavy atom. The first kappa shape index (κ1) is 15.2. The number of rotatable bonds is 7. The SMILES string of the molecule is CCCc1c(N)c(=O)n(CCCOc2ccccc2)n1C. The number of aromatic nitrogens is 2. The third-order valence-corrected chi connectivity index (χ3v) is 3.54. The maximum absolute atomic E-state index is 12.1. The molecular formula is C16H23N3O2. The highest BCUT2D eigenvalue weighted by molar-refractivity contribution is 5.41. The van der Waals surface area contributed by atoms with Crippen LogP contribution in [-0.4, -0.2) is 16.0 Å². The van der Waals surface area contributed by atoms with Gasteiger partial charge in [-0.1, -0.05) is 31.5 Å². The van der Waals surface area contributed by atoms with Crippen LogP contribution >= 0.6 is 0 Å². The minimum atomic E-state index is -0.0966. The molecule has 0 saturated carbocycles. The number of nitrogens with zero attached hydrogens (tertiary/aromatic N) is 2. The number of para-hydroxylation sites is 1. The average Bonchev–Trinajstić information content (AvgIpc) is 2.70. The Labute approximate surface area is 124 Å². The molecule has 0 fully saturated rings. The molecule has 0 radical (unpaired) electrons. The molecule has 21 heavy (non-hydrogen) atoms. The average molecular weight is 289 g/mol. The van der Waals surface area contributed by atoms with E-state index in [0.717, 1.165) is 30.7 Å². The van der Waals surface area contributed by atoms with Crippen LogP contribution in [0.1, 0.15) is 25.5 Å². The standard InChI is InChI=1S/C16H23N3O2/c1-3-8-14-15(17)16(20)19(18(14)2)11-7-12-21-13-9-5-4-6-10-13/h4-6,9-10H,3,7-8,11-12,17H2,1-2H3. The van der Waals surface area contributed by atoms with E-state index in [-0.39, 0.29) is 5.56 Å². The molecule has 0 spiro atoms. The molecule has 0 aliphatic rings. The quantitative estimate of drug-likeness (QED) is 0.795. The van der Waals surface area contributed by atoms with E-state index in [1.807, 2.05) is 42.1 Å². The van der Waals surface area contributed by atoms with Crippen molar-refractivity contribution in [3.05, 3.63) is 46.4 Å². The Morgan fingerprint density at radius 1 is 1.24 bits per heavy atom. The summed E-state index contributed by atoms with van der Waals surface area (Å²) in [7, 11) is 1.89. The third-order valence-electron chi connectivity index (χ3n) is 3.54. The summed E-state index contributed by atoms with van der Waals surface area (Å²) in [6, 6.07) is 9.68. The lowest BCUT2D eigenvalue weighted by molar-refractivity contribution is 0.292. The summed E-state index contributed by atoms with van der Waals surface area (Å²) in [6.07, 6.45) is 2.56. The fourth-order valence-electron chi connectivity index (χ4n) is 2.42. The second-order valence-corrected chi connectivity index (χ2v) is 5.08. The van der Waals surface area contributed by atoms with E-state index in [1.54, 1.807) is 4.68 Å². The Morgan fingerprint density at radius 3 is 2.62 bits per heavy atom. The van der Waals surface area contributed by atoms with Crippen LogP contribution < -0.4 is 16.0 Å². The molecule has 2 rings (SSSR count). The van der Waals surface area contributed by atoms with Crippen molar-refractivity contribution in [2.24, 2.45) is 7.05 Å². The van der Waals surface area contributed by atoms with Crippen molar-refractivity contribution < 1.29 is 4.74 Å². The second kappa shape index (κ2) is 7.02. The molecular weight excluding hydrogens is 266 g/mol. The highest BCUT2D eigenvalue weighted by atomic mass is 16.5. The summed E-state index contributed by atoms with van der Waals surface area (Å²) in [5.41, 5.74) is 7.10. The topological polar surface area (TPSA) is 62.2 Å². The second-order valence-electron chi connectivity index (χ2n) is 5.08. The summed E-state index contributed by atoms with van der Waals surface area (Å²) < 4.78 is 9.20. The van der Waals surface area contributed by atoms with Crippen LogP contribution in [-0.2, 0) is 20.0 Å². The van der Waals surface area contributed by atoms with Gasteiger partial charge in [0.15, 0.2) is 0 Å². The number of ether oxygens (including phenoxy) is 1. The van der Waals surface area contributed by atoms with Crippen LogP contribution in [0.4, 0.5) is 5.69 Å². The van der Waals surface area contributed by atoms with Gasteiger partial charge in [-0.25, -0.2) is 4.68 Å². The van der Waals surface area contributed by atoms with Crippen molar-refractivity contribution in [1.29, 1.82) is 0 Å². The van der Waals surface area contributed by atoms with Gasteiger partial charge in [0.05, 0.1) is 12.3 Å². The lowest BCUT2D eigenvalue weighted by Gasteiger charge is -2.10. The van der Waals surface area contributed by atoms with Gasteiger partial charge in [-0.05, 0) is 18.6 Å². The lowest BCUT2D eigenvalue weighted by atomic mass is 10.2. The molecule has 1 aromatic carbocycles. The largest absolute Gasteiger partial charge is 0.494 e. The van der Waals surface area contributed by atoms with Gasteiger partial charge in [0, 0.05) is 20.0 Å². The number of nitrogens with two attached hydrogens (primary N) is 1. The first-order chi connectivity index (χ1) is 10.1. The summed E-state index contributed by atoms with van der Waals surface area (Å²) in [4.78, 5) is 12.1. The maximum atomic E-state index is 12.1. The molecule has 2 N–H and O–H groups in total. The van der Waals surface area contributed by atoms with Crippen molar-refractivity contribution in [2.75, 3.05) is 12.3 Å². The number of benzene rings is 1. The van der Waals surface area contributed by atoms with Gasteiger partial charge in [0.25, 0.3) is 5.56 Å². The van der Waals surface area contributed by atoms with Crippen molar-refractivity contribution in [3.8, 4) is 5.75 Å². The molecule has 0 saturated heterocycles. The number of nitrogen functional groups attached to an aromatic ring is 1. The predicted molar refractivity (Wildman–Crippen MR) is 84.6 cm³/mol. The molecule has 5 nitrogen and oxygen atoms in total. The highest BCUT2D eigenvalue weighted by Gasteiger charge is 2.13. The Bertz CT molecular complexity index is 629. The summed E-state index contributed by atoms with van der Waals surface area (Å²) in [5, 5.41) is 0. The van der Waals surface area contributed by atoms with Gasteiger partial charge in [0.2, 0.25) is 0 Å². The van der Waals surface area contributed by atoms with E-state index < -0.39 is 0 Å². The predicted octanol–water partition coefficient (Wildman–Crippen LogP) is 2.19. The van der Waals surface area contributed by atoms with Gasteiger partial charge in [-0.15, -0.1) is 0 Å². The van der Waals surface area contributed by atoms with Crippen LogP contribution in [0.5, 0.6) is 5.75 Å². The molecule has 5 heteroatoms. The number of anilines is 1. The van der Waals surface area contributed by atoms with Gasteiger partial charge in [-0.3, -0.25) is 9.48 Å². The summed E-state index contributed by atoms with van der Waals surface area (Å²) in [6.45, 7) is 3.26. The van der Waals surface area contributed by atoms with Crippen molar-refractivity contribution in [2.45, 2.75) is 32.7 Å². The molecule has 114 valence electrons. The first-order valence-electron chi connectivity index (χ1n) is 7.37. The molecule has 2 aromatic rings. The molecule has 0 aliphatic heterocycles. The Balaban J connectivity index is 1.94. The van der Waals surface area contributed by atoms with Crippen molar-refractivity contribution in [1.82, 2.24) is 9.36 Å². The third kappa shape index (κ3) is 3.48. The maximum Gasteiger partial charge on any atom is 0.290 e. The van der Waals surface area contributed by atoms with Crippen LogP contribution in [0.3, 0.4) is 0 Å². The fourth-order valence-corrected chi connectivity index (χ4v) is 2.42. The van der Waals surface area contributed by atoms with Crippen molar-refractivity contribution >= 4 is 5.69 Å². The smallest absolute Gasteiger partial charge is 0.290 e. The monoisotopic (exact) mass is 289 g/mol. The van der Waals surface area contributed by atoms with Gasteiger partial charge >= 0.3 is 0 Å². The van der Waals surface area contributed by atoms with Crippen LogP contribution in [0.15, 0.2) is 35.1 Å². The molecule has 0 atom stereocenters. The Hall–Kier alpha value is -2.17. The summed E-state index contributed by atoms with van der Waals surface area (Å²) >= 11 is 0. The summed E-state index contributed by atoms with van der Waals surface area (Å²) in [5.74, 6) is 0.850. The van der Waals surface area contributed by atoms with Gasteiger partial charge in [-0.2, -0.15) is 0 Å². The van der Waals surface area contributed by atoms with Gasteiger partial charge in [0.1, 0.15) is 11.4 Å². The van der Waals surface area contributed by atoms with Crippen LogP contribution in [0, 0.1) is 0 Å². The number of hydrogen-bond acceptors (Lipinski definition) is 3. The first-order valence-corrected chi connectivity index (χ1v) is 7.37. The zero-order chi connectivity index (χ0) is 15.2. The highest BCUT2D eigenvalue weighted by Crippen LogP contribution is 2.11. The number of hydrogen-bond donors (Lipinski definition) is 1. The van der Waals surface area contributed by atoms with E-state index in [2.05, 4.69) is 6.92 Å². The fraction of sp³-hybridized carbons (Fsp3) is 0.438. The minimum absolute atomic E-state index is 0.0966. The zero-order valence-corrected chi connectivity index (χ0v) is 12.7. The molecule has 1 heterocycles. The molecule has 0 amide bonds. The molecule has 0 unspecified atom stereocenters. The molecule has 0 aliphatic carbocycles. The van der Waals surface area contributed by atoms with Gasteiger partial charge < -0.3 is 10.5 Å². The van der Waals surface area contributed by atoms with Crippen LogP contribution in [0.25, 0.3) is 0 Å². The molecule has 1 aromatic heterocycles. The molecule has 0 bridgehead atoms. The Kier molecular flexibility index (Phi) is 5.09. The normalized spacial score (nSPS) is 10.8. The lowest BCUT2D eigenvalue weighted by Crippen LogP contribution is -2.23. The zero-order valence-electron chi connectivity index (χ0n) is 12.7. The van der Waals surface area contributed by atoms with Crippen LogP contribution in [0.2, 0.25) is 0 Å². The van der Waals surface area contributed by atoms with Crippen molar-refractivity contribution in [3.63, 3.8) is 0 Å². The van der Waals surface area contributed by atoms with E-state index in [9.17, 15) is 4.79 Å².